The highest BCUT2D eigenvalue weighted by Gasteiger charge is 2.19. The number of anilines is 2. The molecular weight excluding hydrogens is 348 g/mol. The second-order valence-electron chi connectivity index (χ2n) is 8.23. The van der Waals surface area contributed by atoms with Gasteiger partial charge in [0.2, 0.25) is 0 Å². The smallest absolute Gasteiger partial charge is 0.308 e. The lowest BCUT2D eigenvalue weighted by Crippen LogP contribution is -2.21. The van der Waals surface area contributed by atoms with Gasteiger partial charge in [-0.05, 0) is 36.6 Å². The summed E-state index contributed by atoms with van der Waals surface area (Å²) in [5, 5.41) is 10.2. The molecule has 0 bridgehead atoms. The third-order valence-electron chi connectivity index (χ3n) is 4.63. The number of hydrogen-bond acceptors (Lipinski definition) is 2. The van der Waals surface area contributed by atoms with Crippen LogP contribution in [-0.2, 0) is 18.9 Å². The lowest BCUT2D eigenvalue weighted by atomic mass is 9.92. The number of aromatic nitrogens is 2. The van der Waals surface area contributed by atoms with Crippen molar-refractivity contribution in [1.82, 2.24) is 9.78 Å². The van der Waals surface area contributed by atoms with Gasteiger partial charge >= 0.3 is 6.03 Å². The van der Waals surface area contributed by atoms with Crippen LogP contribution in [0.5, 0.6) is 0 Å². The Bertz CT molecular complexity index is 948. The number of aryl methyl sites for hydroxylation is 2. The molecule has 3 aromatic rings. The summed E-state index contributed by atoms with van der Waals surface area (Å²) < 4.78 is 1.69. The fourth-order valence-electron chi connectivity index (χ4n) is 2.88. The molecule has 3 rings (SSSR count). The first-order chi connectivity index (χ1) is 13.2. The molecule has 2 aromatic carbocycles. The highest BCUT2D eigenvalue weighted by Crippen LogP contribution is 2.23. The van der Waals surface area contributed by atoms with Crippen LogP contribution < -0.4 is 10.6 Å². The van der Waals surface area contributed by atoms with Gasteiger partial charge in [0.15, 0.2) is 0 Å². The minimum absolute atomic E-state index is 0.0680. The number of hydrogen-bond donors (Lipinski definition) is 2. The van der Waals surface area contributed by atoms with Gasteiger partial charge in [0.25, 0.3) is 0 Å². The van der Waals surface area contributed by atoms with Crippen LogP contribution >= 0.6 is 0 Å². The first-order valence-electron chi connectivity index (χ1n) is 9.48. The van der Waals surface area contributed by atoms with E-state index in [0.717, 1.165) is 17.8 Å². The molecule has 0 aliphatic carbocycles. The Kier molecular flexibility index (Phi) is 5.54. The SMILES string of the molecule is Cc1ccc(Cc2ccc(NC(=O)Nc3cc(C(C)(C)C)nn3C)cc2)cc1. The van der Waals surface area contributed by atoms with E-state index >= 15 is 0 Å². The van der Waals surface area contributed by atoms with Crippen molar-refractivity contribution in [2.24, 2.45) is 7.05 Å². The topological polar surface area (TPSA) is 59.0 Å². The summed E-state index contributed by atoms with van der Waals surface area (Å²) in [4.78, 5) is 12.3. The highest BCUT2D eigenvalue weighted by molar-refractivity contribution is 5.99. The lowest BCUT2D eigenvalue weighted by Gasteiger charge is -2.13. The van der Waals surface area contributed by atoms with E-state index in [2.05, 4.69) is 67.7 Å². The van der Waals surface area contributed by atoms with Crippen molar-refractivity contribution in [2.45, 2.75) is 39.5 Å². The van der Waals surface area contributed by atoms with Crippen LogP contribution in [0.1, 0.15) is 43.2 Å². The summed E-state index contributed by atoms with van der Waals surface area (Å²) in [5.74, 6) is 0.665. The quantitative estimate of drug-likeness (QED) is 0.652. The molecule has 1 aromatic heterocycles. The molecule has 0 radical (unpaired) electrons. The molecule has 2 N–H and O–H groups in total. The third kappa shape index (κ3) is 5.00. The number of carbonyl (C=O) groups is 1. The molecular formula is C23H28N4O. The van der Waals surface area contributed by atoms with Gasteiger partial charge in [-0.1, -0.05) is 62.7 Å². The monoisotopic (exact) mass is 376 g/mol. The van der Waals surface area contributed by atoms with Gasteiger partial charge in [-0.3, -0.25) is 10.00 Å². The van der Waals surface area contributed by atoms with Gasteiger partial charge in [0.05, 0.1) is 5.69 Å². The molecule has 5 heteroatoms. The molecule has 5 nitrogen and oxygen atoms in total. The van der Waals surface area contributed by atoms with Gasteiger partial charge in [-0.2, -0.15) is 5.10 Å². The summed E-state index contributed by atoms with van der Waals surface area (Å²) in [6.07, 6.45) is 0.872. The molecule has 146 valence electrons. The number of benzene rings is 2. The Morgan fingerprint density at radius 1 is 0.964 bits per heavy atom. The maximum absolute atomic E-state index is 12.3. The first kappa shape index (κ1) is 19.7. The van der Waals surface area contributed by atoms with E-state index in [-0.39, 0.29) is 11.4 Å². The third-order valence-corrected chi connectivity index (χ3v) is 4.63. The normalized spacial score (nSPS) is 11.3. The fraction of sp³-hybridized carbons (Fsp3) is 0.304. The Morgan fingerprint density at radius 2 is 1.54 bits per heavy atom. The number of rotatable bonds is 4. The van der Waals surface area contributed by atoms with Crippen LogP contribution in [0.4, 0.5) is 16.3 Å². The van der Waals surface area contributed by atoms with Gasteiger partial charge in [0, 0.05) is 24.2 Å². The van der Waals surface area contributed by atoms with Crippen molar-refractivity contribution in [2.75, 3.05) is 10.6 Å². The predicted octanol–water partition coefficient (Wildman–Crippen LogP) is 5.26. The fourth-order valence-corrected chi connectivity index (χ4v) is 2.88. The second-order valence-corrected chi connectivity index (χ2v) is 8.23. The Labute approximate surface area is 166 Å². The zero-order chi connectivity index (χ0) is 20.3. The number of carbonyl (C=O) groups excluding carboxylic acids is 1. The molecule has 0 unspecified atom stereocenters. The highest BCUT2D eigenvalue weighted by atomic mass is 16.2. The standard InChI is InChI=1S/C23H28N4O/c1-16-6-8-17(9-7-16)14-18-10-12-19(13-11-18)24-22(28)25-21-15-20(23(2,3)4)26-27(21)5/h6-13,15H,14H2,1-5H3,(H2,24,25,28). The van der Waals surface area contributed by atoms with E-state index in [9.17, 15) is 4.79 Å². The van der Waals surface area contributed by atoms with E-state index in [0.29, 0.717) is 5.82 Å². The van der Waals surface area contributed by atoms with Crippen LogP contribution in [0.3, 0.4) is 0 Å². The lowest BCUT2D eigenvalue weighted by molar-refractivity contribution is 0.262. The zero-order valence-corrected chi connectivity index (χ0v) is 17.2. The summed E-state index contributed by atoms with van der Waals surface area (Å²) in [6, 6.07) is 18.1. The van der Waals surface area contributed by atoms with Crippen LogP contribution in [-0.4, -0.2) is 15.8 Å². The molecule has 0 atom stereocenters. The minimum atomic E-state index is -0.283. The van der Waals surface area contributed by atoms with Crippen molar-refractivity contribution in [3.63, 3.8) is 0 Å². The number of nitrogens with zero attached hydrogens (tertiary/aromatic N) is 2. The maximum Gasteiger partial charge on any atom is 0.324 e. The van der Waals surface area contributed by atoms with Gasteiger partial charge in [0.1, 0.15) is 5.82 Å². The average molecular weight is 377 g/mol. The summed E-state index contributed by atoms with van der Waals surface area (Å²) in [7, 11) is 1.82. The van der Waals surface area contributed by atoms with Crippen LogP contribution in [0.2, 0.25) is 0 Å². The molecule has 0 aliphatic heterocycles. The van der Waals surface area contributed by atoms with Crippen molar-refractivity contribution in [3.05, 3.63) is 77.0 Å². The number of amides is 2. The molecule has 2 amide bonds. The van der Waals surface area contributed by atoms with Crippen LogP contribution in [0.25, 0.3) is 0 Å². The summed E-state index contributed by atoms with van der Waals surface area (Å²) in [5.41, 5.74) is 5.36. The second kappa shape index (κ2) is 7.89. The minimum Gasteiger partial charge on any atom is -0.308 e. The van der Waals surface area contributed by atoms with Crippen LogP contribution in [0, 0.1) is 6.92 Å². The summed E-state index contributed by atoms with van der Waals surface area (Å²) >= 11 is 0. The largest absolute Gasteiger partial charge is 0.324 e. The van der Waals surface area contributed by atoms with E-state index in [1.54, 1.807) is 4.68 Å². The van der Waals surface area contributed by atoms with Crippen molar-refractivity contribution in [1.29, 1.82) is 0 Å². The molecule has 1 heterocycles. The maximum atomic E-state index is 12.3. The first-order valence-corrected chi connectivity index (χ1v) is 9.48. The van der Waals surface area contributed by atoms with Gasteiger partial charge in [-0.25, -0.2) is 4.79 Å². The predicted molar refractivity (Wildman–Crippen MR) is 115 cm³/mol. The molecule has 0 spiro atoms. The van der Waals surface area contributed by atoms with E-state index in [1.807, 2.05) is 37.4 Å². The zero-order valence-electron chi connectivity index (χ0n) is 17.2. The summed E-state index contributed by atoms with van der Waals surface area (Å²) in [6.45, 7) is 8.37. The van der Waals surface area contributed by atoms with Crippen LogP contribution in [0.15, 0.2) is 54.6 Å². The average Bonchev–Trinajstić information content (AvgIpc) is 2.99. The van der Waals surface area contributed by atoms with Crippen molar-refractivity contribution >= 4 is 17.5 Å². The van der Waals surface area contributed by atoms with Crippen molar-refractivity contribution < 1.29 is 4.79 Å². The molecule has 0 saturated carbocycles. The Balaban J connectivity index is 1.60. The Morgan fingerprint density at radius 3 is 2.07 bits per heavy atom. The van der Waals surface area contributed by atoms with E-state index in [4.69, 9.17) is 0 Å². The molecule has 0 fully saturated rings. The van der Waals surface area contributed by atoms with E-state index < -0.39 is 0 Å². The van der Waals surface area contributed by atoms with Gasteiger partial charge in [-0.15, -0.1) is 0 Å². The van der Waals surface area contributed by atoms with Gasteiger partial charge < -0.3 is 5.32 Å². The number of urea groups is 1. The van der Waals surface area contributed by atoms with Crippen molar-refractivity contribution in [3.8, 4) is 0 Å². The molecule has 0 saturated heterocycles. The van der Waals surface area contributed by atoms with E-state index in [1.165, 1.54) is 16.7 Å². The molecule has 0 aliphatic rings. The number of nitrogens with one attached hydrogen (secondary N) is 2. The Hall–Kier alpha value is -3.08. The molecule has 28 heavy (non-hydrogen) atoms.